The lowest BCUT2D eigenvalue weighted by atomic mass is 10.1. The summed E-state index contributed by atoms with van der Waals surface area (Å²) < 4.78 is 15.8. The number of carbonyl (C=O) groups excluding carboxylic acids is 1. The van der Waals surface area contributed by atoms with Crippen molar-refractivity contribution in [2.24, 2.45) is 7.05 Å². The van der Waals surface area contributed by atoms with Crippen LogP contribution in [0, 0.1) is 5.82 Å². The number of Topliss-reactive ketones (excluding diaryl/α,β-unsaturated/α-hetero) is 1. The van der Waals surface area contributed by atoms with E-state index in [2.05, 4.69) is 21.0 Å². The van der Waals surface area contributed by atoms with Gasteiger partial charge in [0, 0.05) is 17.7 Å². The first kappa shape index (κ1) is 12.0. The van der Waals surface area contributed by atoms with Crippen LogP contribution >= 0.6 is 15.9 Å². The number of hydrogen-bond acceptors (Lipinski definition) is 2. The third kappa shape index (κ3) is 2.79. The molecule has 0 aliphatic carbocycles. The summed E-state index contributed by atoms with van der Waals surface area (Å²) in [6.45, 7) is 0. The molecule has 17 heavy (non-hydrogen) atoms. The molecule has 0 atom stereocenters. The monoisotopic (exact) mass is 296 g/mol. The second kappa shape index (κ2) is 4.79. The van der Waals surface area contributed by atoms with E-state index in [1.807, 2.05) is 0 Å². The third-order valence-electron chi connectivity index (χ3n) is 2.34. The summed E-state index contributed by atoms with van der Waals surface area (Å²) in [5.41, 5.74) is 0.735. The van der Waals surface area contributed by atoms with Crippen LogP contribution in [0.25, 0.3) is 0 Å². The molecule has 0 saturated carbocycles. The molecule has 0 saturated heterocycles. The fourth-order valence-corrected chi connectivity index (χ4v) is 1.87. The van der Waals surface area contributed by atoms with E-state index >= 15 is 0 Å². The van der Waals surface area contributed by atoms with Gasteiger partial charge < -0.3 is 0 Å². The van der Waals surface area contributed by atoms with Gasteiger partial charge in [-0.2, -0.15) is 5.10 Å². The Morgan fingerprint density at radius 2 is 2.24 bits per heavy atom. The van der Waals surface area contributed by atoms with Crippen LogP contribution in [0.1, 0.15) is 16.1 Å². The van der Waals surface area contributed by atoms with Crippen molar-refractivity contribution in [2.75, 3.05) is 0 Å². The fraction of sp³-hybridized carbons (Fsp3) is 0.167. The zero-order chi connectivity index (χ0) is 12.4. The predicted molar refractivity (Wildman–Crippen MR) is 65.3 cm³/mol. The van der Waals surface area contributed by atoms with Crippen LogP contribution in [0.3, 0.4) is 0 Å². The SMILES string of the molecule is Cn1ccc(CC(=O)c2ccc(Br)cc2F)n1. The molecule has 2 aromatic rings. The Hall–Kier alpha value is -1.49. The highest BCUT2D eigenvalue weighted by Crippen LogP contribution is 2.16. The molecule has 3 nitrogen and oxygen atoms in total. The van der Waals surface area contributed by atoms with Crippen LogP contribution in [0.5, 0.6) is 0 Å². The first-order chi connectivity index (χ1) is 8.06. The number of rotatable bonds is 3. The van der Waals surface area contributed by atoms with Gasteiger partial charge in [0.1, 0.15) is 5.82 Å². The number of carbonyl (C=O) groups is 1. The van der Waals surface area contributed by atoms with E-state index in [1.54, 1.807) is 30.1 Å². The molecular weight excluding hydrogens is 287 g/mol. The maximum Gasteiger partial charge on any atom is 0.171 e. The van der Waals surface area contributed by atoms with E-state index < -0.39 is 5.82 Å². The molecule has 1 aromatic heterocycles. The highest BCUT2D eigenvalue weighted by molar-refractivity contribution is 9.10. The smallest absolute Gasteiger partial charge is 0.171 e. The lowest BCUT2D eigenvalue weighted by molar-refractivity contribution is 0.0988. The number of aryl methyl sites for hydroxylation is 1. The van der Waals surface area contributed by atoms with Crippen molar-refractivity contribution in [3.63, 3.8) is 0 Å². The van der Waals surface area contributed by atoms with Crippen molar-refractivity contribution in [1.82, 2.24) is 9.78 Å². The predicted octanol–water partition coefficient (Wildman–Crippen LogP) is 2.75. The minimum absolute atomic E-state index is 0.0962. The number of aromatic nitrogens is 2. The number of ketones is 1. The Morgan fingerprint density at radius 1 is 1.47 bits per heavy atom. The quantitative estimate of drug-likeness (QED) is 0.817. The van der Waals surface area contributed by atoms with Gasteiger partial charge in [-0.25, -0.2) is 4.39 Å². The molecule has 0 unspecified atom stereocenters. The van der Waals surface area contributed by atoms with E-state index in [0.29, 0.717) is 10.2 Å². The van der Waals surface area contributed by atoms with E-state index in [-0.39, 0.29) is 17.8 Å². The van der Waals surface area contributed by atoms with Crippen molar-refractivity contribution >= 4 is 21.7 Å². The second-order valence-corrected chi connectivity index (χ2v) is 4.62. The van der Waals surface area contributed by atoms with Gasteiger partial charge in [0.2, 0.25) is 0 Å². The van der Waals surface area contributed by atoms with Gasteiger partial charge in [-0.15, -0.1) is 0 Å². The molecule has 1 aromatic carbocycles. The first-order valence-electron chi connectivity index (χ1n) is 5.03. The van der Waals surface area contributed by atoms with E-state index in [9.17, 15) is 9.18 Å². The molecule has 0 spiro atoms. The van der Waals surface area contributed by atoms with Crippen molar-refractivity contribution in [3.05, 3.63) is 52.0 Å². The van der Waals surface area contributed by atoms with Gasteiger partial charge in [-0.1, -0.05) is 15.9 Å². The summed E-state index contributed by atoms with van der Waals surface area (Å²) in [6, 6.07) is 6.15. The Balaban J connectivity index is 2.20. The zero-order valence-electron chi connectivity index (χ0n) is 9.15. The number of benzene rings is 1. The molecule has 0 fully saturated rings. The Labute approximate surface area is 106 Å². The van der Waals surface area contributed by atoms with Gasteiger partial charge in [-0.05, 0) is 24.3 Å². The topological polar surface area (TPSA) is 34.9 Å². The normalized spacial score (nSPS) is 10.5. The molecule has 0 bridgehead atoms. The van der Waals surface area contributed by atoms with Crippen LogP contribution in [-0.4, -0.2) is 15.6 Å². The summed E-state index contributed by atoms with van der Waals surface area (Å²) in [5.74, 6) is -0.783. The van der Waals surface area contributed by atoms with Crippen molar-refractivity contribution in [3.8, 4) is 0 Å². The molecular formula is C12H10BrFN2O. The molecule has 88 valence electrons. The Bertz CT molecular complexity index is 565. The average molecular weight is 297 g/mol. The summed E-state index contributed by atoms with van der Waals surface area (Å²) >= 11 is 3.15. The standard InChI is InChI=1S/C12H10BrFN2O/c1-16-5-4-9(15-16)7-12(17)10-3-2-8(13)6-11(10)14/h2-6H,7H2,1H3. The number of halogens is 2. The summed E-state index contributed by atoms with van der Waals surface area (Å²) in [6.07, 6.45) is 1.86. The minimum atomic E-state index is -0.514. The second-order valence-electron chi connectivity index (χ2n) is 3.70. The molecule has 1 heterocycles. The van der Waals surface area contributed by atoms with Crippen LogP contribution in [0.2, 0.25) is 0 Å². The van der Waals surface area contributed by atoms with E-state index in [0.717, 1.165) is 0 Å². The zero-order valence-corrected chi connectivity index (χ0v) is 10.7. The molecule has 0 radical (unpaired) electrons. The van der Waals surface area contributed by atoms with Crippen LogP contribution < -0.4 is 0 Å². The van der Waals surface area contributed by atoms with Gasteiger partial charge in [-0.3, -0.25) is 9.48 Å². The molecule has 0 amide bonds. The third-order valence-corrected chi connectivity index (χ3v) is 2.84. The van der Waals surface area contributed by atoms with Gasteiger partial charge >= 0.3 is 0 Å². The van der Waals surface area contributed by atoms with Crippen molar-refractivity contribution in [1.29, 1.82) is 0 Å². The molecule has 0 N–H and O–H groups in total. The fourth-order valence-electron chi connectivity index (χ4n) is 1.53. The highest BCUT2D eigenvalue weighted by atomic mass is 79.9. The Kier molecular flexibility index (Phi) is 3.38. The largest absolute Gasteiger partial charge is 0.294 e. The Morgan fingerprint density at radius 3 is 2.82 bits per heavy atom. The molecule has 5 heteroatoms. The average Bonchev–Trinajstić information content (AvgIpc) is 2.63. The number of hydrogen-bond donors (Lipinski definition) is 0. The van der Waals surface area contributed by atoms with Gasteiger partial charge in [0.25, 0.3) is 0 Å². The van der Waals surface area contributed by atoms with Gasteiger partial charge in [0.15, 0.2) is 5.78 Å². The molecule has 0 aliphatic heterocycles. The van der Waals surface area contributed by atoms with Crippen LogP contribution in [-0.2, 0) is 13.5 Å². The van der Waals surface area contributed by atoms with Crippen molar-refractivity contribution < 1.29 is 9.18 Å². The maximum atomic E-state index is 13.5. The van der Waals surface area contributed by atoms with Gasteiger partial charge in [0.05, 0.1) is 17.7 Å². The molecule has 2 rings (SSSR count). The van der Waals surface area contributed by atoms with Crippen LogP contribution in [0.4, 0.5) is 4.39 Å². The maximum absolute atomic E-state index is 13.5. The summed E-state index contributed by atoms with van der Waals surface area (Å²) in [7, 11) is 1.77. The molecule has 0 aliphatic rings. The number of nitrogens with zero attached hydrogens (tertiary/aromatic N) is 2. The van der Waals surface area contributed by atoms with E-state index in [4.69, 9.17) is 0 Å². The highest BCUT2D eigenvalue weighted by Gasteiger charge is 2.13. The van der Waals surface area contributed by atoms with E-state index in [1.165, 1.54) is 12.1 Å². The summed E-state index contributed by atoms with van der Waals surface area (Å²) in [5, 5.41) is 4.09. The summed E-state index contributed by atoms with van der Waals surface area (Å²) in [4.78, 5) is 11.9. The lowest BCUT2D eigenvalue weighted by Gasteiger charge is -2.01. The minimum Gasteiger partial charge on any atom is -0.294 e. The lowest BCUT2D eigenvalue weighted by Crippen LogP contribution is -2.07. The van der Waals surface area contributed by atoms with Crippen molar-refractivity contribution in [2.45, 2.75) is 6.42 Å². The van der Waals surface area contributed by atoms with Crippen LogP contribution in [0.15, 0.2) is 34.9 Å². The first-order valence-corrected chi connectivity index (χ1v) is 5.82.